The highest BCUT2D eigenvalue weighted by Gasteiger charge is 2.36. The van der Waals surface area contributed by atoms with Crippen molar-refractivity contribution in [3.05, 3.63) is 97.4 Å². The topological polar surface area (TPSA) is 75.7 Å². The molecule has 1 aliphatic heterocycles. The largest absolute Gasteiger partial charge is 0.488 e. The normalized spacial score (nSPS) is 15.0. The number of barbiturate groups is 1. The van der Waals surface area contributed by atoms with Crippen LogP contribution in [-0.4, -0.2) is 17.8 Å². The van der Waals surface area contributed by atoms with Gasteiger partial charge in [0.15, 0.2) is 0 Å². The van der Waals surface area contributed by atoms with Gasteiger partial charge >= 0.3 is 6.03 Å². The molecule has 0 aliphatic carbocycles. The number of nitrogens with zero attached hydrogens (tertiary/aromatic N) is 1. The minimum atomic E-state index is -0.790. The number of benzene rings is 3. The molecule has 0 radical (unpaired) electrons. The number of ether oxygens (including phenoxy) is 1. The summed E-state index contributed by atoms with van der Waals surface area (Å²) in [5, 5.41) is 3.26. The second kappa shape index (κ2) is 10.0. The van der Waals surface area contributed by atoms with Crippen LogP contribution in [0, 0.1) is 6.92 Å². The molecule has 1 fully saturated rings. The minimum absolute atomic E-state index is 0.159. The predicted octanol–water partition coefficient (Wildman–Crippen LogP) is 6.31. The Kier molecular flexibility index (Phi) is 7.07. The van der Waals surface area contributed by atoms with Crippen molar-refractivity contribution in [1.29, 1.82) is 0 Å². The average Bonchev–Trinajstić information content (AvgIpc) is 2.78. The lowest BCUT2D eigenvalue weighted by Crippen LogP contribution is -2.54. The highest BCUT2D eigenvalue weighted by atomic mass is 79.9. The third-order valence-electron chi connectivity index (χ3n) is 5.06. The standard InChI is InChI=1S/C25H17BrCl2N2O4/c1-14-2-7-18(8-3-14)30-24(32)19(23(31)29-25(30)33)10-15-4-9-22(20(26)11-15)34-13-16-5-6-17(27)12-21(16)28/h2-12H,13H2,1H3,(H,29,31,33)/b19-10+. The predicted molar refractivity (Wildman–Crippen MR) is 135 cm³/mol. The maximum absolute atomic E-state index is 13.0. The first-order chi connectivity index (χ1) is 16.2. The lowest BCUT2D eigenvalue weighted by atomic mass is 10.1. The van der Waals surface area contributed by atoms with E-state index in [4.69, 9.17) is 27.9 Å². The lowest BCUT2D eigenvalue weighted by Gasteiger charge is -2.26. The zero-order chi connectivity index (χ0) is 24.4. The van der Waals surface area contributed by atoms with E-state index < -0.39 is 17.8 Å². The van der Waals surface area contributed by atoms with Crippen molar-refractivity contribution in [2.45, 2.75) is 13.5 Å². The van der Waals surface area contributed by atoms with Crippen LogP contribution < -0.4 is 15.0 Å². The molecule has 0 spiro atoms. The summed E-state index contributed by atoms with van der Waals surface area (Å²) in [6.45, 7) is 2.12. The molecule has 6 nitrogen and oxygen atoms in total. The molecule has 1 aliphatic rings. The molecule has 0 aromatic heterocycles. The van der Waals surface area contributed by atoms with Crippen LogP contribution in [0.25, 0.3) is 6.08 Å². The molecule has 9 heteroatoms. The number of imide groups is 2. The molecule has 0 atom stereocenters. The fraction of sp³-hybridized carbons (Fsp3) is 0.0800. The molecule has 0 saturated carbocycles. The Labute approximate surface area is 214 Å². The number of hydrogen-bond donors (Lipinski definition) is 1. The van der Waals surface area contributed by atoms with Gasteiger partial charge in [-0.25, -0.2) is 9.69 Å². The Morgan fingerprint density at radius 2 is 1.74 bits per heavy atom. The first-order valence-electron chi connectivity index (χ1n) is 10.1. The van der Waals surface area contributed by atoms with Gasteiger partial charge in [-0.05, 0) is 70.9 Å². The van der Waals surface area contributed by atoms with Crippen molar-refractivity contribution in [3.63, 3.8) is 0 Å². The summed E-state index contributed by atoms with van der Waals surface area (Å²) in [5.41, 5.74) is 2.53. The molecule has 1 saturated heterocycles. The van der Waals surface area contributed by atoms with E-state index in [9.17, 15) is 14.4 Å². The smallest absolute Gasteiger partial charge is 0.335 e. The van der Waals surface area contributed by atoms with Crippen LogP contribution in [0.3, 0.4) is 0 Å². The van der Waals surface area contributed by atoms with Gasteiger partial charge in [-0.1, -0.05) is 53.0 Å². The summed E-state index contributed by atoms with van der Waals surface area (Å²) in [4.78, 5) is 38.7. The second-order valence-electron chi connectivity index (χ2n) is 7.51. The van der Waals surface area contributed by atoms with E-state index in [2.05, 4.69) is 21.2 Å². The van der Waals surface area contributed by atoms with Gasteiger partial charge in [-0.15, -0.1) is 0 Å². The van der Waals surface area contributed by atoms with Crippen molar-refractivity contribution < 1.29 is 19.1 Å². The number of anilines is 1. The Morgan fingerprint density at radius 3 is 2.41 bits per heavy atom. The van der Waals surface area contributed by atoms with Crippen molar-refractivity contribution in [2.24, 2.45) is 0 Å². The Balaban J connectivity index is 1.55. The summed E-state index contributed by atoms with van der Waals surface area (Å²) in [6.07, 6.45) is 1.43. The van der Waals surface area contributed by atoms with Gasteiger partial charge in [-0.2, -0.15) is 0 Å². The number of amides is 4. The van der Waals surface area contributed by atoms with Gasteiger partial charge in [0.25, 0.3) is 11.8 Å². The quantitative estimate of drug-likeness (QED) is 0.293. The van der Waals surface area contributed by atoms with E-state index in [0.717, 1.165) is 16.0 Å². The molecule has 0 bridgehead atoms. The first-order valence-corrected chi connectivity index (χ1v) is 11.6. The maximum Gasteiger partial charge on any atom is 0.335 e. The molecule has 3 aromatic rings. The maximum atomic E-state index is 13.0. The Hall–Kier alpha value is -3.13. The van der Waals surface area contributed by atoms with Crippen LogP contribution in [0.4, 0.5) is 10.5 Å². The second-order valence-corrected chi connectivity index (χ2v) is 9.21. The molecule has 172 valence electrons. The number of aryl methyl sites for hydroxylation is 1. The molecule has 4 rings (SSSR count). The van der Waals surface area contributed by atoms with Gasteiger partial charge in [0.1, 0.15) is 17.9 Å². The molecular formula is C25H17BrCl2N2O4. The third-order valence-corrected chi connectivity index (χ3v) is 6.27. The zero-order valence-electron chi connectivity index (χ0n) is 17.8. The van der Waals surface area contributed by atoms with E-state index in [1.54, 1.807) is 60.7 Å². The van der Waals surface area contributed by atoms with Crippen LogP contribution in [0.2, 0.25) is 10.0 Å². The minimum Gasteiger partial charge on any atom is -0.488 e. The number of carbonyl (C=O) groups excluding carboxylic acids is 3. The number of carbonyl (C=O) groups is 3. The van der Waals surface area contributed by atoms with Crippen LogP contribution in [0.5, 0.6) is 5.75 Å². The van der Waals surface area contributed by atoms with Gasteiger partial charge in [0, 0.05) is 15.6 Å². The SMILES string of the molecule is Cc1ccc(N2C(=O)NC(=O)/C(=C\c3ccc(OCc4ccc(Cl)cc4Cl)c(Br)c3)C2=O)cc1. The van der Waals surface area contributed by atoms with Crippen molar-refractivity contribution in [2.75, 3.05) is 4.90 Å². The van der Waals surface area contributed by atoms with Gasteiger partial charge in [0.05, 0.1) is 10.2 Å². The number of urea groups is 1. The van der Waals surface area contributed by atoms with E-state index in [1.807, 2.05) is 6.92 Å². The van der Waals surface area contributed by atoms with E-state index in [1.165, 1.54) is 6.08 Å². The van der Waals surface area contributed by atoms with Gasteiger partial charge in [0.2, 0.25) is 0 Å². The van der Waals surface area contributed by atoms with Gasteiger partial charge < -0.3 is 4.74 Å². The monoisotopic (exact) mass is 558 g/mol. The summed E-state index contributed by atoms with van der Waals surface area (Å²) in [7, 11) is 0. The Morgan fingerprint density at radius 1 is 1.00 bits per heavy atom. The van der Waals surface area contributed by atoms with Gasteiger partial charge in [-0.3, -0.25) is 14.9 Å². The molecule has 3 aromatic carbocycles. The average molecular weight is 560 g/mol. The van der Waals surface area contributed by atoms with Crippen LogP contribution in [-0.2, 0) is 16.2 Å². The molecule has 0 unspecified atom stereocenters. The Bertz CT molecular complexity index is 1340. The van der Waals surface area contributed by atoms with E-state index in [0.29, 0.717) is 31.5 Å². The fourth-order valence-corrected chi connectivity index (χ4v) is 4.24. The highest BCUT2D eigenvalue weighted by Crippen LogP contribution is 2.30. The van der Waals surface area contributed by atoms with Crippen LogP contribution >= 0.6 is 39.1 Å². The van der Waals surface area contributed by atoms with E-state index in [-0.39, 0.29) is 12.2 Å². The van der Waals surface area contributed by atoms with Crippen LogP contribution in [0.1, 0.15) is 16.7 Å². The third kappa shape index (κ3) is 5.17. The lowest BCUT2D eigenvalue weighted by molar-refractivity contribution is -0.122. The molecule has 1 N–H and O–H groups in total. The fourth-order valence-electron chi connectivity index (χ4n) is 3.27. The molecular weight excluding hydrogens is 543 g/mol. The van der Waals surface area contributed by atoms with Crippen molar-refractivity contribution in [3.8, 4) is 5.75 Å². The first kappa shape index (κ1) is 24.0. The summed E-state index contributed by atoms with van der Waals surface area (Å²) >= 11 is 15.6. The highest BCUT2D eigenvalue weighted by molar-refractivity contribution is 9.10. The van der Waals surface area contributed by atoms with E-state index >= 15 is 0 Å². The zero-order valence-corrected chi connectivity index (χ0v) is 20.9. The number of hydrogen-bond acceptors (Lipinski definition) is 4. The summed E-state index contributed by atoms with van der Waals surface area (Å²) in [5.74, 6) is -0.914. The molecule has 34 heavy (non-hydrogen) atoms. The molecule has 1 heterocycles. The number of rotatable bonds is 5. The summed E-state index contributed by atoms with van der Waals surface area (Å²) in [6, 6.07) is 16.3. The number of nitrogens with one attached hydrogen (secondary N) is 1. The summed E-state index contributed by atoms with van der Waals surface area (Å²) < 4.78 is 6.45. The van der Waals surface area contributed by atoms with Crippen molar-refractivity contribution in [1.82, 2.24) is 5.32 Å². The molecule has 4 amide bonds. The number of halogens is 3. The van der Waals surface area contributed by atoms with Crippen LogP contribution in [0.15, 0.2) is 70.7 Å². The van der Waals surface area contributed by atoms with Crippen molar-refractivity contribution >= 4 is 68.7 Å².